The van der Waals surface area contributed by atoms with Gasteiger partial charge in [0.25, 0.3) is 0 Å². The lowest BCUT2D eigenvalue weighted by Crippen LogP contribution is -1.95. The Kier molecular flexibility index (Phi) is 4.11. The van der Waals surface area contributed by atoms with Crippen LogP contribution in [-0.4, -0.2) is 0 Å². The summed E-state index contributed by atoms with van der Waals surface area (Å²) in [5.41, 5.74) is 0. The van der Waals surface area contributed by atoms with Crippen LogP contribution in [0.25, 0.3) is 8.47 Å². The van der Waals surface area contributed by atoms with Gasteiger partial charge in [-0.05, 0) is 22.9 Å². The maximum atomic E-state index is 5.55. The van der Waals surface area contributed by atoms with Crippen molar-refractivity contribution in [3.05, 3.63) is 47.3 Å². The van der Waals surface area contributed by atoms with E-state index in [-0.39, 0.29) is 0 Å². The van der Waals surface area contributed by atoms with E-state index in [0.717, 1.165) is 3.82 Å². The lowest BCUT2D eigenvalue weighted by atomic mass is 10.4. The maximum absolute atomic E-state index is 5.55. The highest BCUT2D eigenvalue weighted by molar-refractivity contribution is 8.35. The van der Waals surface area contributed by atoms with Gasteiger partial charge in [0.1, 0.15) is 7.67 Å². The second-order valence-corrected chi connectivity index (χ2v) is 11.3. The Morgan fingerprint density at radius 1 is 0.800 bits per heavy atom. The van der Waals surface area contributed by atoms with E-state index in [4.69, 9.17) is 12.2 Å². The first kappa shape index (κ1) is 14.0. The molecule has 0 amide bonds. The minimum absolute atomic E-state index is 1.02. The smallest absolute Gasteiger partial charge is 0.110 e. The van der Waals surface area contributed by atoms with Gasteiger partial charge in [0.2, 0.25) is 0 Å². The van der Waals surface area contributed by atoms with Crippen molar-refractivity contribution in [3.63, 3.8) is 0 Å². The number of rotatable bonds is 0. The summed E-state index contributed by atoms with van der Waals surface area (Å²) in [7, 11) is 0. The van der Waals surface area contributed by atoms with Gasteiger partial charge >= 0.3 is 0 Å². The summed E-state index contributed by atoms with van der Waals surface area (Å²) in [6.07, 6.45) is 0. The molecule has 100 valence electrons. The summed E-state index contributed by atoms with van der Waals surface area (Å²) in [5, 5.41) is 4.25. The molecule has 3 heterocycles. The number of hydrogen-bond acceptors (Lipinski definition) is 7. The third-order valence-electron chi connectivity index (χ3n) is 2.58. The summed E-state index contributed by atoms with van der Waals surface area (Å²) in [6, 6.07) is 8.58. The van der Waals surface area contributed by atoms with E-state index in [1.54, 1.807) is 34.9 Å². The fourth-order valence-electron chi connectivity index (χ4n) is 1.73. The lowest BCUT2D eigenvalue weighted by molar-refractivity contribution is 1.27. The van der Waals surface area contributed by atoms with Crippen molar-refractivity contribution in [1.82, 2.24) is 0 Å². The summed E-state index contributed by atoms with van der Waals surface area (Å²) >= 11 is 16.4. The molecule has 7 heteroatoms. The molecule has 0 atom stereocenters. The highest BCUT2D eigenvalue weighted by Crippen LogP contribution is 2.51. The molecule has 0 saturated carbocycles. The van der Waals surface area contributed by atoms with E-state index >= 15 is 0 Å². The molecule has 0 bridgehead atoms. The molecule has 2 aliphatic rings. The number of thioether (sulfide) groups is 4. The van der Waals surface area contributed by atoms with Gasteiger partial charge in [-0.1, -0.05) is 71.4 Å². The molecule has 0 nitrogen and oxygen atoms in total. The molecule has 0 N–H and O–H groups in total. The minimum atomic E-state index is 1.02. The van der Waals surface area contributed by atoms with Crippen molar-refractivity contribution in [2.24, 2.45) is 0 Å². The van der Waals surface area contributed by atoms with Crippen LogP contribution in [0.3, 0.4) is 0 Å². The molecule has 0 aliphatic carbocycles. The van der Waals surface area contributed by atoms with Crippen molar-refractivity contribution in [2.75, 3.05) is 0 Å². The molecular formula is C13H6S7. The zero-order valence-corrected chi connectivity index (χ0v) is 15.5. The Bertz CT molecular complexity index is 847. The standard InChI is InChI=1S/C13H6S7/c14-10-9(11-15-5-6-16-11)19-13(20-10)12-17-7-3-1-2-4-8(7)18-12/h1-6H. The molecule has 0 spiro atoms. The van der Waals surface area contributed by atoms with E-state index in [2.05, 4.69) is 35.1 Å². The van der Waals surface area contributed by atoms with E-state index in [1.807, 2.05) is 34.9 Å². The molecular weight excluding hydrogens is 381 g/mol. The predicted molar refractivity (Wildman–Crippen MR) is 102 cm³/mol. The van der Waals surface area contributed by atoms with E-state index in [9.17, 15) is 0 Å². The van der Waals surface area contributed by atoms with Gasteiger partial charge < -0.3 is 0 Å². The Morgan fingerprint density at radius 2 is 1.45 bits per heavy atom. The zero-order chi connectivity index (χ0) is 13.5. The first-order valence-corrected chi connectivity index (χ1v) is 11.1. The normalized spacial score (nSPS) is 17.0. The van der Waals surface area contributed by atoms with Crippen molar-refractivity contribution in [2.45, 2.75) is 9.79 Å². The van der Waals surface area contributed by atoms with E-state index < -0.39 is 0 Å². The average Bonchev–Trinajstić information content (AvgIpc) is 3.16. The fraction of sp³-hybridized carbons (Fsp3) is 0. The van der Waals surface area contributed by atoms with Crippen molar-refractivity contribution >= 4 is 90.4 Å². The Morgan fingerprint density at radius 3 is 2.10 bits per heavy atom. The van der Waals surface area contributed by atoms with Gasteiger partial charge in [-0.15, -0.1) is 22.7 Å². The van der Waals surface area contributed by atoms with Crippen LogP contribution >= 0.6 is 81.9 Å². The van der Waals surface area contributed by atoms with Crippen molar-refractivity contribution in [1.29, 1.82) is 0 Å². The van der Waals surface area contributed by atoms with Gasteiger partial charge in [0, 0.05) is 9.79 Å². The van der Waals surface area contributed by atoms with Crippen LogP contribution in [0.4, 0.5) is 0 Å². The van der Waals surface area contributed by atoms with Crippen LogP contribution in [0.1, 0.15) is 0 Å². The van der Waals surface area contributed by atoms with Gasteiger partial charge in [-0.3, -0.25) is 0 Å². The van der Waals surface area contributed by atoms with Crippen LogP contribution in [0.15, 0.2) is 44.9 Å². The quantitative estimate of drug-likeness (QED) is 0.545. The lowest BCUT2D eigenvalue weighted by Gasteiger charge is -1.90. The molecule has 0 radical (unpaired) electrons. The highest BCUT2D eigenvalue weighted by Gasteiger charge is 2.18. The number of benzene rings is 1. The molecule has 4 rings (SSSR count). The molecule has 0 saturated heterocycles. The van der Waals surface area contributed by atoms with E-state index in [1.165, 1.54) is 26.6 Å². The maximum Gasteiger partial charge on any atom is 0.110 e. The second-order valence-electron chi connectivity index (χ2n) is 3.84. The topological polar surface area (TPSA) is 0 Å². The SMILES string of the molecule is S=c1sc(=C2Sc3ccccc3S2)sc1=C1SC=CS1. The van der Waals surface area contributed by atoms with Gasteiger partial charge in [-0.25, -0.2) is 0 Å². The van der Waals surface area contributed by atoms with Crippen molar-refractivity contribution in [3.8, 4) is 0 Å². The van der Waals surface area contributed by atoms with Crippen LogP contribution in [0.2, 0.25) is 0 Å². The molecule has 2 aromatic rings. The number of hydrogen-bond donors (Lipinski definition) is 0. The van der Waals surface area contributed by atoms with Crippen molar-refractivity contribution < 1.29 is 0 Å². The second kappa shape index (κ2) is 5.87. The molecule has 20 heavy (non-hydrogen) atoms. The largest absolute Gasteiger partial charge is 0.119 e. The molecule has 0 fully saturated rings. The first-order chi connectivity index (χ1) is 9.81. The first-order valence-electron chi connectivity index (χ1n) is 5.63. The predicted octanol–water partition coefficient (Wildman–Crippen LogP) is 5.52. The third-order valence-corrected chi connectivity index (χ3v) is 11.0. The van der Waals surface area contributed by atoms with Gasteiger partial charge in [0.05, 0.1) is 13.0 Å². The summed E-state index contributed by atoms with van der Waals surface area (Å²) in [6.45, 7) is 0. The minimum Gasteiger partial charge on any atom is -0.119 e. The average molecular weight is 387 g/mol. The Hall–Kier alpha value is 0.370. The van der Waals surface area contributed by atoms with Crippen LogP contribution < -0.4 is 8.38 Å². The van der Waals surface area contributed by atoms with E-state index in [0.29, 0.717) is 0 Å². The van der Waals surface area contributed by atoms with Crippen LogP contribution in [-0.2, 0) is 0 Å². The molecule has 1 aromatic heterocycles. The fourth-order valence-corrected chi connectivity index (χ4v) is 9.78. The van der Waals surface area contributed by atoms with Crippen LogP contribution in [0.5, 0.6) is 0 Å². The monoisotopic (exact) mass is 386 g/mol. The molecule has 0 unspecified atom stereocenters. The third kappa shape index (κ3) is 2.58. The summed E-state index contributed by atoms with van der Waals surface area (Å²) in [4.78, 5) is 2.72. The molecule has 2 aliphatic heterocycles. The van der Waals surface area contributed by atoms with Gasteiger partial charge in [-0.2, -0.15) is 0 Å². The number of fused-ring (bicyclic) bond motifs is 1. The highest BCUT2D eigenvalue weighted by atomic mass is 32.2. The van der Waals surface area contributed by atoms with Gasteiger partial charge in [0.15, 0.2) is 0 Å². The summed E-state index contributed by atoms with van der Waals surface area (Å²) < 4.78 is 6.34. The van der Waals surface area contributed by atoms with Crippen LogP contribution in [0, 0.1) is 3.82 Å². The summed E-state index contributed by atoms with van der Waals surface area (Å²) in [5.74, 6) is 0. The molecule has 1 aromatic carbocycles. The Labute approximate surface area is 146 Å². The zero-order valence-electron chi connectivity index (χ0n) is 9.82. The Balaban J connectivity index is 1.86.